The van der Waals surface area contributed by atoms with Gasteiger partial charge in [0.05, 0.1) is 12.3 Å². The lowest BCUT2D eigenvalue weighted by Gasteiger charge is -2.49. The average molecular weight is 237 g/mol. The maximum atomic E-state index is 11.8. The Kier molecular flexibility index (Phi) is 2.74. The predicted octanol–water partition coefficient (Wildman–Crippen LogP) is -0.341. The standard InChI is InChI=1S/C11H15N3O3/c1-11(2)7(3-8(11)15)14-10(17)6-4-13-9(16)5-12-6/h4-5,7-8,15H,3H2,1-2H3,(H,13,16)(H,14,17). The molecule has 0 aromatic carbocycles. The fraction of sp³-hybridized carbons (Fsp3) is 0.545. The number of hydrogen-bond acceptors (Lipinski definition) is 4. The van der Waals surface area contributed by atoms with Crippen LogP contribution in [0.15, 0.2) is 17.2 Å². The zero-order valence-corrected chi connectivity index (χ0v) is 9.73. The van der Waals surface area contributed by atoms with E-state index in [9.17, 15) is 14.7 Å². The molecule has 0 radical (unpaired) electrons. The van der Waals surface area contributed by atoms with Crippen molar-refractivity contribution in [2.75, 3.05) is 0 Å². The van der Waals surface area contributed by atoms with Gasteiger partial charge in [-0.3, -0.25) is 9.59 Å². The lowest BCUT2D eigenvalue weighted by atomic mass is 9.64. The van der Waals surface area contributed by atoms with Crippen LogP contribution < -0.4 is 10.9 Å². The summed E-state index contributed by atoms with van der Waals surface area (Å²) in [7, 11) is 0. The molecule has 17 heavy (non-hydrogen) atoms. The van der Waals surface area contributed by atoms with Gasteiger partial charge in [-0.1, -0.05) is 13.8 Å². The van der Waals surface area contributed by atoms with Gasteiger partial charge in [0.2, 0.25) is 0 Å². The van der Waals surface area contributed by atoms with Crippen LogP contribution in [0, 0.1) is 5.41 Å². The molecule has 0 saturated heterocycles. The number of H-pyrrole nitrogens is 1. The molecule has 1 fully saturated rings. The molecule has 0 aliphatic heterocycles. The number of amides is 1. The van der Waals surface area contributed by atoms with Gasteiger partial charge < -0.3 is 15.4 Å². The highest BCUT2D eigenvalue weighted by Crippen LogP contribution is 2.40. The van der Waals surface area contributed by atoms with Gasteiger partial charge in [0, 0.05) is 17.7 Å². The summed E-state index contributed by atoms with van der Waals surface area (Å²) in [5, 5.41) is 12.3. The molecule has 6 heteroatoms. The van der Waals surface area contributed by atoms with E-state index in [1.165, 1.54) is 6.20 Å². The normalized spacial score (nSPS) is 26.1. The molecule has 1 aromatic rings. The van der Waals surface area contributed by atoms with E-state index in [0.717, 1.165) is 6.20 Å². The highest BCUT2D eigenvalue weighted by molar-refractivity contribution is 5.92. The van der Waals surface area contributed by atoms with Gasteiger partial charge in [-0.25, -0.2) is 4.98 Å². The average Bonchev–Trinajstić information content (AvgIpc) is 2.29. The first-order valence-electron chi connectivity index (χ1n) is 5.45. The number of aliphatic hydroxyl groups excluding tert-OH is 1. The number of nitrogens with one attached hydrogen (secondary N) is 2. The molecule has 1 saturated carbocycles. The molecule has 0 bridgehead atoms. The van der Waals surface area contributed by atoms with Gasteiger partial charge in [-0.15, -0.1) is 0 Å². The maximum Gasteiger partial charge on any atom is 0.271 e. The Morgan fingerprint density at radius 1 is 1.65 bits per heavy atom. The van der Waals surface area contributed by atoms with E-state index in [1.54, 1.807) is 0 Å². The minimum Gasteiger partial charge on any atom is -0.392 e. The van der Waals surface area contributed by atoms with Crippen molar-refractivity contribution in [1.29, 1.82) is 0 Å². The number of aliphatic hydroxyl groups is 1. The van der Waals surface area contributed by atoms with E-state index in [4.69, 9.17) is 0 Å². The van der Waals surface area contributed by atoms with Crippen molar-refractivity contribution in [3.05, 3.63) is 28.4 Å². The number of aromatic amines is 1. The van der Waals surface area contributed by atoms with Crippen molar-refractivity contribution >= 4 is 5.91 Å². The number of hydrogen-bond donors (Lipinski definition) is 3. The van der Waals surface area contributed by atoms with Gasteiger partial charge >= 0.3 is 0 Å². The molecule has 2 unspecified atom stereocenters. The minimum absolute atomic E-state index is 0.0706. The van der Waals surface area contributed by atoms with Crippen molar-refractivity contribution in [3.63, 3.8) is 0 Å². The zero-order valence-electron chi connectivity index (χ0n) is 9.73. The summed E-state index contributed by atoms with van der Waals surface area (Å²) in [6.45, 7) is 3.79. The molecule has 92 valence electrons. The van der Waals surface area contributed by atoms with Gasteiger partial charge in [0.1, 0.15) is 5.69 Å². The monoisotopic (exact) mass is 237 g/mol. The van der Waals surface area contributed by atoms with E-state index in [0.29, 0.717) is 6.42 Å². The smallest absolute Gasteiger partial charge is 0.271 e. The third-order valence-corrected chi connectivity index (χ3v) is 3.43. The van der Waals surface area contributed by atoms with E-state index in [1.807, 2.05) is 13.8 Å². The topological polar surface area (TPSA) is 95.1 Å². The van der Waals surface area contributed by atoms with Gasteiger partial charge in [-0.05, 0) is 6.42 Å². The first-order valence-corrected chi connectivity index (χ1v) is 5.45. The SMILES string of the molecule is CC1(C)C(O)CC1NC(=O)c1c[nH]c(=O)cn1. The van der Waals surface area contributed by atoms with Crippen LogP contribution in [0.5, 0.6) is 0 Å². The first-order chi connectivity index (χ1) is 7.91. The molecule has 1 amide bonds. The van der Waals surface area contributed by atoms with Crippen LogP contribution in [-0.2, 0) is 0 Å². The van der Waals surface area contributed by atoms with Crippen LogP contribution in [0.25, 0.3) is 0 Å². The maximum absolute atomic E-state index is 11.8. The van der Waals surface area contributed by atoms with Gasteiger partial charge in [0.25, 0.3) is 11.5 Å². The second-order valence-corrected chi connectivity index (χ2v) is 4.90. The van der Waals surface area contributed by atoms with Crippen molar-refractivity contribution in [3.8, 4) is 0 Å². The third-order valence-electron chi connectivity index (χ3n) is 3.43. The highest BCUT2D eigenvalue weighted by Gasteiger charge is 2.48. The second kappa shape index (κ2) is 3.96. The summed E-state index contributed by atoms with van der Waals surface area (Å²) in [4.78, 5) is 28.7. The molecular weight excluding hydrogens is 222 g/mol. The summed E-state index contributed by atoms with van der Waals surface area (Å²) in [5.74, 6) is -0.341. The lowest BCUT2D eigenvalue weighted by molar-refractivity contribution is -0.0690. The van der Waals surface area contributed by atoms with Crippen LogP contribution in [-0.4, -0.2) is 33.1 Å². The molecule has 1 aromatic heterocycles. The quantitative estimate of drug-likeness (QED) is 0.655. The molecule has 2 rings (SSSR count). The van der Waals surface area contributed by atoms with Crippen molar-refractivity contribution in [2.24, 2.45) is 5.41 Å². The molecule has 1 aliphatic rings. The van der Waals surface area contributed by atoms with Crippen LogP contribution in [0.3, 0.4) is 0 Å². The number of nitrogens with zero attached hydrogens (tertiary/aromatic N) is 1. The number of carbonyl (C=O) groups is 1. The highest BCUT2D eigenvalue weighted by atomic mass is 16.3. The minimum atomic E-state index is -0.392. The molecule has 1 aliphatic carbocycles. The zero-order chi connectivity index (χ0) is 12.6. The van der Waals surface area contributed by atoms with Crippen LogP contribution >= 0.6 is 0 Å². The van der Waals surface area contributed by atoms with E-state index < -0.39 is 6.10 Å². The fourth-order valence-electron chi connectivity index (χ4n) is 1.85. The predicted molar refractivity (Wildman–Crippen MR) is 60.5 cm³/mol. The summed E-state index contributed by atoms with van der Waals surface area (Å²) in [6.07, 6.45) is 2.49. The second-order valence-electron chi connectivity index (χ2n) is 4.90. The van der Waals surface area contributed by atoms with Crippen molar-refractivity contribution in [1.82, 2.24) is 15.3 Å². The van der Waals surface area contributed by atoms with Crippen LogP contribution in [0.4, 0.5) is 0 Å². The Bertz CT molecular complexity index is 474. The Hall–Kier alpha value is -1.69. The number of carbonyl (C=O) groups excluding carboxylic acids is 1. The summed E-state index contributed by atoms with van der Waals surface area (Å²) in [6, 6.07) is -0.0706. The lowest BCUT2D eigenvalue weighted by Crippen LogP contribution is -2.61. The number of aromatic nitrogens is 2. The van der Waals surface area contributed by atoms with Crippen molar-refractivity contribution < 1.29 is 9.90 Å². The number of rotatable bonds is 2. The first kappa shape index (κ1) is 11.8. The fourth-order valence-corrected chi connectivity index (χ4v) is 1.85. The van der Waals surface area contributed by atoms with E-state index in [2.05, 4.69) is 15.3 Å². The van der Waals surface area contributed by atoms with Crippen molar-refractivity contribution in [2.45, 2.75) is 32.4 Å². The van der Waals surface area contributed by atoms with Crippen LogP contribution in [0.2, 0.25) is 0 Å². The molecule has 6 nitrogen and oxygen atoms in total. The Morgan fingerprint density at radius 2 is 2.35 bits per heavy atom. The Balaban J connectivity index is 2.03. The Morgan fingerprint density at radius 3 is 2.82 bits per heavy atom. The summed E-state index contributed by atoms with van der Waals surface area (Å²) in [5.41, 5.74) is -0.500. The molecule has 1 heterocycles. The van der Waals surface area contributed by atoms with Gasteiger partial charge in [-0.2, -0.15) is 0 Å². The molecule has 0 spiro atoms. The van der Waals surface area contributed by atoms with Gasteiger partial charge in [0.15, 0.2) is 0 Å². The Labute approximate surface area is 98.1 Å². The molecule has 2 atom stereocenters. The molecular formula is C11H15N3O3. The van der Waals surface area contributed by atoms with Crippen LogP contribution in [0.1, 0.15) is 30.8 Å². The summed E-state index contributed by atoms with van der Waals surface area (Å²) < 4.78 is 0. The van der Waals surface area contributed by atoms with E-state index >= 15 is 0 Å². The third kappa shape index (κ3) is 2.08. The summed E-state index contributed by atoms with van der Waals surface area (Å²) >= 11 is 0. The largest absolute Gasteiger partial charge is 0.392 e. The van der Waals surface area contributed by atoms with E-state index in [-0.39, 0.29) is 28.6 Å². The molecule has 3 N–H and O–H groups in total.